The lowest BCUT2D eigenvalue weighted by Crippen LogP contribution is -2.47. The van der Waals surface area contributed by atoms with Crippen molar-refractivity contribution in [2.24, 2.45) is 0 Å². The number of nitrogens with one attached hydrogen (secondary N) is 1. The van der Waals surface area contributed by atoms with E-state index in [1.807, 2.05) is 49.5 Å². The zero-order valence-electron chi connectivity index (χ0n) is 15.6. The highest BCUT2D eigenvalue weighted by Crippen LogP contribution is 2.19. The molecule has 0 unspecified atom stereocenters. The first-order valence-electron chi connectivity index (χ1n) is 9.17. The quantitative estimate of drug-likeness (QED) is 0.752. The molecular formula is C21H21N5O2. The third-order valence-corrected chi connectivity index (χ3v) is 4.84. The maximum atomic E-state index is 12.1. The Morgan fingerprint density at radius 3 is 2.57 bits per heavy atom. The fourth-order valence-corrected chi connectivity index (χ4v) is 3.21. The van der Waals surface area contributed by atoms with E-state index in [0.29, 0.717) is 23.8 Å². The van der Waals surface area contributed by atoms with Crippen molar-refractivity contribution in [1.82, 2.24) is 24.8 Å². The lowest BCUT2D eigenvalue weighted by molar-refractivity contribution is -0.134. The summed E-state index contributed by atoms with van der Waals surface area (Å²) in [5.74, 6) is 0.658. The third-order valence-electron chi connectivity index (χ3n) is 4.84. The SMILES string of the molecule is CN1CCN(Cc2ccc(-c3nc(-c4ccccn4)cc(=O)[nH]3)cc2)CC1=O. The summed E-state index contributed by atoms with van der Waals surface area (Å²) in [6, 6.07) is 14.8. The van der Waals surface area contributed by atoms with Crippen molar-refractivity contribution in [2.45, 2.75) is 6.54 Å². The van der Waals surface area contributed by atoms with Gasteiger partial charge in [-0.2, -0.15) is 0 Å². The van der Waals surface area contributed by atoms with Gasteiger partial charge in [-0.05, 0) is 17.7 Å². The Labute approximate surface area is 162 Å². The van der Waals surface area contributed by atoms with Crippen LogP contribution in [0.3, 0.4) is 0 Å². The van der Waals surface area contributed by atoms with Crippen molar-refractivity contribution in [2.75, 3.05) is 26.7 Å². The van der Waals surface area contributed by atoms with Crippen LogP contribution in [0.4, 0.5) is 0 Å². The molecule has 1 aliphatic rings. The highest BCUT2D eigenvalue weighted by Gasteiger charge is 2.20. The number of carbonyl (C=O) groups is 1. The van der Waals surface area contributed by atoms with Gasteiger partial charge in [-0.15, -0.1) is 0 Å². The minimum absolute atomic E-state index is 0.149. The summed E-state index contributed by atoms with van der Waals surface area (Å²) >= 11 is 0. The number of hydrogen-bond acceptors (Lipinski definition) is 5. The zero-order valence-corrected chi connectivity index (χ0v) is 15.6. The van der Waals surface area contributed by atoms with Gasteiger partial charge in [0.05, 0.1) is 17.9 Å². The van der Waals surface area contributed by atoms with Gasteiger partial charge < -0.3 is 9.88 Å². The average molecular weight is 375 g/mol. The smallest absolute Gasteiger partial charge is 0.251 e. The summed E-state index contributed by atoms with van der Waals surface area (Å²) in [5, 5.41) is 0. The molecule has 7 nitrogen and oxygen atoms in total. The number of aromatic nitrogens is 3. The van der Waals surface area contributed by atoms with Crippen LogP contribution in [0, 0.1) is 0 Å². The average Bonchev–Trinajstić information content (AvgIpc) is 2.71. The maximum Gasteiger partial charge on any atom is 0.251 e. The Morgan fingerprint density at radius 2 is 1.86 bits per heavy atom. The molecule has 1 amide bonds. The molecule has 0 atom stereocenters. The summed E-state index contributed by atoms with van der Waals surface area (Å²) < 4.78 is 0. The number of likely N-dealkylation sites (N-methyl/N-ethyl adjacent to an activating group) is 1. The van der Waals surface area contributed by atoms with Crippen LogP contribution >= 0.6 is 0 Å². The molecule has 2 aromatic heterocycles. The number of amides is 1. The number of rotatable bonds is 4. The molecule has 7 heteroatoms. The standard InChI is InChI=1S/C21H21N5O2/c1-25-10-11-26(14-20(25)28)13-15-5-7-16(8-6-15)21-23-18(12-19(27)24-21)17-4-2-3-9-22-17/h2-9,12H,10-11,13-14H2,1H3,(H,23,24,27). The molecule has 1 fully saturated rings. The number of hydrogen-bond donors (Lipinski definition) is 1. The summed E-state index contributed by atoms with van der Waals surface area (Å²) in [6.45, 7) is 2.78. The van der Waals surface area contributed by atoms with Crippen LogP contribution in [0.25, 0.3) is 22.8 Å². The van der Waals surface area contributed by atoms with E-state index in [9.17, 15) is 9.59 Å². The van der Waals surface area contributed by atoms with Crippen LogP contribution in [0.1, 0.15) is 5.56 Å². The van der Waals surface area contributed by atoms with E-state index in [4.69, 9.17) is 0 Å². The lowest BCUT2D eigenvalue weighted by atomic mass is 10.1. The minimum Gasteiger partial charge on any atom is -0.343 e. The van der Waals surface area contributed by atoms with Gasteiger partial charge in [0.25, 0.3) is 5.56 Å². The zero-order chi connectivity index (χ0) is 19.5. The first kappa shape index (κ1) is 18.1. The Balaban J connectivity index is 1.53. The maximum absolute atomic E-state index is 12.1. The second kappa shape index (κ2) is 7.74. The molecule has 1 aromatic carbocycles. The fraction of sp³-hybridized carbons (Fsp3) is 0.238. The van der Waals surface area contributed by atoms with Crippen LogP contribution in [0.15, 0.2) is 59.5 Å². The molecule has 1 saturated heterocycles. The van der Waals surface area contributed by atoms with Gasteiger partial charge in [0.1, 0.15) is 5.82 Å². The molecule has 0 aliphatic carbocycles. The Morgan fingerprint density at radius 1 is 1.04 bits per heavy atom. The topological polar surface area (TPSA) is 82.2 Å². The van der Waals surface area contributed by atoms with Gasteiger partial charge in [-0.1, -0.05) is 30.3 Å². The van der Waals surface area contributed by atoms with Gasteiger partial charge >= 0.3 is 0 Å². The van der Waals surface area contributed by atoms with E-state index in [1.54, 1.807) is 11.1 Å². The Hall–Kier alpha value is -3.32. The van der Waals surface area contributed by atoms with Gasteiger partial charge in [0, 0.05) is 44.5 Å². The van der Waals surface area contributed by atoms with Crippen LogP contribution in [-0.4, -0.2) is 57.3 Å². The molecule has 0 saturated carbocycles. The summed E-state index contributed by atoms with van der Waals surface area (Å²) in [5.41, 5.74) is 2.92. The highest BCUT2D eigenvalue weighted by atomic mass is 16.2. The predicted molar refractivity (Wildman–Crippen MR) is 106 cm³/mol. The molecule has 0 radical (unpaired) electrons. The van der Waals surface area contributed by atoms with Gasteiger partial charge in [-0.3, -0.25) is 19.5 Å². The molecule has 1 aliphatic heterocycles. The molecule has 1 N–H and O–H groups in total. The molecule has 3 aromatic rings. The van der Waals surface area contributed by atoms with Crippen LogP contribution in [0.5, 0.6) is 0 Å². The Kier molecular flexibility index (Phi) is 4.99. The van der Waals surface area contributed by atoms with Crippen molar-refractivity contribution < 1.29 is 4.79 Å². The number of H-pyrrole nitrogens is 1. The number of carbonyl (C=O) groups excluding carboxylic acids is 1. The summed E-state index contributed by atoms with van der Waals surface area (Å²) in [6.07, 6.45) is 1.68. The third kappa shape index (κ3) is 3.99. The van der Waals surface area contributed by atoms with Gasteiger partial charge in [0.2, 0.25) is 5.91 Å². The predicted octanol–water partition coefficient (Wildman–Crippen LogP) is 1.77. The molecule has 142 valence electrons. The number of aromatic amines is 1. The van der Waals surface area contributed by atoms with E-state index >= 15 is 0 Å². The molecule has 0 spiro atoms. The van der Waals surface area contributed by atoms with E-state index in [1.165, 1.54) is 6.07 Å². The van der Waals surface area contributed by atoms with E-state index in [-0.39, 0.29) is 11.5 Å². The largest absolute Gasteiger partial charge is 0.343 e. The van der Waals surface area contributed by atoms with Crippen molar-refractivity contribution in [3.05, 3.63) is 70.6 Å². The van der Waals surface area contributed by atoms with Crippen molar-refractivity contribution in [1.29, 1.82) is 0 Å². The van der Waals surface area contributed by atoms with Crippen molar-refractivity contribution in [3.63, 3.8) is 0 Å². The van der Waals surface area contributed by atoms with Gasteiger partial charge in [0.15, 0.2) is 0 Å². The number of benzene rings is 1. The first-order chi connectivity index (χ1) is 13.6. The fourth-order valence-electron chi connectivity index (χ4n) is 3.21. The Bertz CT molecular complexity index is 1030. The number of nitrogens with zero attached hydrogens (tertiary/aromatic N) is 4. The second-order valence-corrected chi connectivity index (χ2v) is 6.92. The minimum atomic E-state index is -0.217. The summed E-state index contributed by atoms with van der Waals surface area (Å²) in [4.78, 5) is 39.4. The highest BCUT2D eigenvalue weighted by molar-refractivity contribution is 5.78. The van der Waals surface area contributed by atoms with Crippen molar-refractivity contribution >= 4 is 5.91 Å². The van der Waals surface area contributed by atoms with E-state index in [0.717, 1.165) is 30.8 Å². The number of piperazine rings is 1. The monoisotopic (exact) mass is 375 g/mol. The molecular weight excluding hydrogens is 354 g/mol. The molecule has 4 rings (SSSR count). The molecule has 3 heterocycles. The lowest BCUT2D eigenvalue weighted by Gasteiger charge is -2.31. The van der Waals surface area contributed by atoms with Crippen LogP contribution < -0.4 is 5.56 Å². The molecule has 0 bridgehead atoms. The molecule has 28 heavy (non-hydrogen) atoms. The van der Waals surface area contributed by atoms with E-state index in [2.05, 4.69) is 19.9 Å². The van der Waals surface area contributed by atoms with Crippen LogP contribution in [-0.2, 0) is 11.3 Å². The second-order valence-electron chi connectivity index (χ2n) is 6.92. The van der Waals surface area contributed by atoms with Crippen LogP contribution in [0.2, 0.25) is 0 Å². The normalized spacial score (nSPS) is 15.0. The number of pyridine rings is 1. The van der Waals surface area contributed by atoms with Gasteiger partial charge in [-0.25, -0.2) is 4.98 Å². The summed E-state index contributed by atoms with van der Waals surface area (Å²) in [7, 11) is 1.83. The van der Waals surface area contributed by atoms with Crippen molar-refractivity contribution in [3.8, 4) is 22.8 Å². The van der Waals surface area contributed by atoms with E-state index < -0.39 is 0 Å². The first-order valence-corrected chi connectivity index (χ1v) is 9.17.